The van der Waals surface area contributed by atoms with Gasteiger partial charge in [-0.1, -0.05) is 36.4 Å². The lowest BCUT2D eigenvalue weighted by Crippen LogP contribution is -2.05. The predicted molar refractivity (Wildman–Crippen MR) is 70.7 cm³/mol. The monoisotopic (exact) mass is 240 g/mol. The van der Waals surface area contributed by atoms with Crippen LogP contribution in [0.5, 0.6) is 5.75 Å². The number of hydrogen-bond acceptors (Lipinski definition) is 2. The van der Waals surface area contributed by atoms with Crippen LogP contribution in [-0.2, 0) is 6.42 Å². The summed E-state index contributed by atoms with van der Waals surface area (Å²) >= 11 is 0. The third kappa shape index (κ3) is 2.00. The van der Waals surface area contributed by atoms with Crippen LogP contribution in [0.15, 0.2) is 48.5 Å². The average molecular weight is 240 g/mol. The molecule has 2 heteroatoms. The zero-order chi connectivity index (χ0) is 12.5. The SMILES string of the molecule is CC1Cc2cc(C(O)c3ccccc3)ccc2O1. The molecule has 18 heavy (non-hydrogen) atoms. The smallest absolute Gasteiger partial charge is 0.123 e. The van der Waals surface area contributed by atoms with Crippen LogP contribution in [0, 0.1) is 0 Å². The van der Waals surface area contributed by atoms with Gasteiger partial charge in [0.05, 0.1) is 0 Å². The molecule has 3 rings (SSSR count). The van der Waals surface area contributed by atoms with E-state index in [-0.39, 0.29) is 6.10 Å². The van der Waals surface area contributed by atoms with Gasteiger partial charge in [0.25, 0.3) is 0 Å². The fraction of sp³-hybridized carbons (Fsp3) is 0.250. The van der Waals surface area contributed by atoms with Crippen molar-refractivity contribution in [3.63, 3.8) is 0 Å². The van der Waals surface area contributed by atoms with Crippen molar-refractivity contribution in [2.45, 2.75) is 25.6 Å². The van der Waals surface area contributed by atoms with Crippen molar-refractivity contribution in [3.8, 4) is 5.75 Å². The minimum atomic E-state index is -0.563. The lowest BCUT2D eigenvalue weighted by molar-refractivity contribution is 0.220. The average Bonchev–Trinajstić information content (AvgIpc) is 2.78. The second-order valence-electron chi connectivity index (χ2n) is 4.81. The zero-order valence-corrected chi connectivity index (χ0v) is 10.3. The highest BCUT2D eigenvalue weighted by molar-refractivity contribution is 5.43. The van der Waals surface area contributed by atoms with Crippen LogP contribution in [0.25, 0.3) is 0 Å². The topological polar surface area (TPSA) is 29.5 Å². The van der Waals surface area contributed by atoms with E-state index in [1.54, 1.807) is 0 Å². The van der Waals surface area contributed by atoms with E-state index in [4.69, 9.17) is 4.74 Å². The highest BCUT2D eigenvalue weighted by Gasteiger charge is 2.20. The summed E-state index contributed by atoms with van der Waals surface area (Å²) in [7, 11) is 0. The number of fused-ring (bicyclic) bond motifs is 1. The summed E-state index contributed by atoms with van der Waals surface area (Å²) in [6.07, 6.45) is 0.599. The molecule has 0 fully saturated rings. The Bertz CT molecular complexity index is 548. The van der Waals surface area contributed by atoms with Crippen molar-refractivity contribution in [2.75, 3.05) is 0 Å². The van der Waals surface area contributed by atoms with Gasteiger partial charge in [0.15, 0.2) is 0 Å². The molecule has 1 aliphatic rings. The van der Waals surface area contributed by atoms with E-state index in [0.717, 1.165) is 23.3 Å². The van der Waals surface area contributed by atoms with Gasteiger partial charge < -0.3 is 9.84 Å². The molecule has 2 unspecified atom stereocenters. The number of benzene rings is 2. The Morgan fingerprint density at radius 1 is 1.11 bits per heavy atom. The molecule has 1 N–H and O–H groups in total. The Morgan fingerprint density at radius 3 is 2.67 bits per heavy atom. The van der Waals surface area contributed by atoms with Crippen LogP contribution in [0.3, 0.4) is 0 Å². The summed E-state index contributed by atoms with van der Waals surface area (Å²) in [5, 5.41) is 10.3. The lowest BCUT2D eigenvalue weighted by Gasteiger charge is -2.12. The quantitative estimate of drug-likeness (QED) is 0.874. The van der Waals surface area contributed by atoms with Gasteiger partial charge in [-0.05, 0) is 35.7 Å². The van der Waals surface area contributed by atoms with Gasteiger partial charge in [-0.3, -0.25) is 0 Å². The fourth-order valence-electron chi connectivity index (χ4n) is 2.44. The normalized spacial score (nSPS) is 19.1. The first kappa shape index (κ1) is 11.3. The Kier molecular flexibility index (Phi) is 2.80. The van der Waals surface area contributed by atoms with E-state index in [1.807, 2.05) is 42.5 Å². The van der Waals surface area contributed by atoms with Crippen molar-refractivity contribution >= 4 is 0 Å². The molecule has 0 radical (unpaired) electrons. The molecule has 2 aromatic rings. The molecule has 2 aromatic carbocycles. The molecular formula is C16H16O2. The summed E-state index contributed by atoms with van der Waals surface area (Å²) in [6.45, 7) is 2.06. The van der Waals surface area contributed by atoms with Gasteiger partial charge in [-0.15, -0.1) is 0 Å². The first-order chi connectivity index (χ1) is 8.74. The minimum Gasteiger partial charge on any atom is -0.490 e. The maximum absolute atomic E-state index is 10.3. The standard InChI is InChI=1S/C16H16O2/c1-11-9-14-10-13(7-8-15(14)18-11)16(17)12-5-3-2-4-6-12/h2-8,10-11,16-17H,9H2,1H3. The molecule has 1 heterocycles. The van der Waals surface area contributed by atoms with Gasteiger partial charge in [0.2, 0.25) is 0 Å². The molecule has 0 saturated carbocycles. The zero-order valence-electron chi connectivity index (χ0n) is 10.3. The van der Waals surface area contributed by atoms with Crippen molar-refractivity contribution in [2.24, 2.45) is 0 Å². The third-order valence-electron chi connectivity index (χ3n) is 3.35. The maximum atomic E-state index is 10.3. The lowest BCUT2D eigenvalue weighted by atomic mass is 9.98. The van der Waals surface area contributed by atoms with Crippen LogP contribution in [-0.4, -0.2) is 11.2 Å². The summed E-state index contributed by atoms with van der Waals surface area (Å²) < 4.78 is 5.67. The predicted octanol–water partition coefficient (Wildman–Crippen LogP) is 3.09. The molecule has 92 valence electrons. The van der Waals surface area contributed by atoms with E-state index < -0.39 is 6.10 Å². The van der Waals surface area contributed by atoms with Gasteiger partial charge in [0.1, 0.15) is 18.0 Å². The summed E-state index contributed by atoms with van der Waals surface area (Å²) in [5.74, 6) is 0.950. The molecule has 1 aliphatic heterocycles. The van der Waals surface area contributed by atoms with Crippen LogP contribution in [0.1, 0.15) is 29.7 Å². The fourth-order valence-corrected chi connectivity index (χ4v) is 2.44. The number of rotatable bonds is 2. The largest absolute Gasteiger partial charge is 0.490 e. The molecular weight excluding hydrogens is 224 g/mol. The van der Waals surface area contributed by atoms with Crippen LogP contribution < -0.4 is 4.74 Å². The Balaban J connectivity index is 1.92. The third-order valence-corrected chi connectivity index (χ3v) is 3.35. The molecule has 0 aliphatic carbocycles. The van der Waals surface area contributed by atoms with Gasteiger partial charge in [0, 0.05) is 6.42 Å². The molecule has 2 nitrogen and oxygen atoms in total. The molecule has 0 aromatic heterocycles. The summed E-state index contributed by atoms with van der Waals surface area (Å²) in [4.78, 5) is 0. The number of aliphatic hydroxyl groups is 1. The second-order valence-corrected chi connectivity index (χ2v) is 4.81. The van der Waals surface area contributed by atoms with Gasteiger partial charge in [-0.25, -0.2) is 0 Å². The Labute approximate surface area is 107 Å². The van der Waals surface area contributed by atoms with Crippen molar-refractivity contribution in [1.82, 2.24) is 0 Å². The van der Waals surface area contributed by atoms with Crippen molar-refractivity contribution < 1.29 is 9.84 Å². The highest BCUT2D eigenvalue weighted by Crippen LogP contribution is 2.32. The molecule has 0 bridgehead atoms. The molecule has 0 amide bonds. The maximum Gasteiger partial charge on any atom is 0.123 e. The molecule has 0 spiro atoms. The molecule has 2 atom stereocenters. The highest BCUT2D eigenvalue weighted by atomic mass is 16.5. The van der Waals surface area contributed by atoms with Crippen molar-refractivity contribution in [3.05, 3.63) is 65.2 Å². The van der Waals surface area contributed by atoms with Gasteiger partial charge >= 0.3 is 0 Å². The van der Waals surface area contributed by atoms with E-state index in [1.165, 1.54) is 5.56 Å². The van der Waals surface area contributed by atoms with Crippen LogP contribution >= 0.6 is 0 Å². The summed E-state index contributed by atoms with van der Waals surface area (Å²) in [5.41, 5.74) is 3.04. The minimum absolute atomic E-state index is 0.240. The Hall–Kier alpha value is -1.80. The number of hydrogen-bond donors (Lipinski definition) is 1. The number of ether oxygens (including phenoxy) is 1. The van der Waals surface area contributed by atoms with Gasteiger partial charge in [-0.2, -0.15) is 0 Å². The first-order valence-electron chi connectivity index (χ1n) is 6.26. The molecule has 0 saturated heterocycles. The van der Waals surface area contributed by atoms with Crippen LogP contribution in [0.4, 0.5) is 0 Å². The number of aliphatic hydroxyl groups excluding tert-OH is 1. The first-order valence-corrected chi connectivity index (χ1v) is 6.26. The van der Waals surface area contributed by atoms with E-state index in [9.17, 15) is 5.11 Å². The van der Waals surface area contributed by atoms with E-state index >= 15 is 0 Å². The Morgan fingerprint density at radius 2 is 1.89 bits per heavy atom. The van der Waals surface area contributed by atoms with Crippen LogP contribution in [0.2, 0.25) is 0 Å². The van der Waals surface area contributed by atoms with E-state index in [0.29, 0.717) is 0 Å². The summed E-state index contributed by atoms with van der Waals surface area (Å²) in [6, 6.07) is 15.7. The second kappa shape index (κ2) is 4.46. The van der Waals surface area contributed by atoms with Crippen molar-refractivity contribution in [1.29, 1.82) is 0 Å². The van der Waals surface area contributed by atoms with E-state index in [2.05, 4.69) is 13.0 Å².